The summed E-state index contributed by atoms with van der Waals surface area (Å²) in [4.78, 5) is 14.8. The molecule has 2 N–H and O–H groups in total. The molecule has 1 aromatic carbocycles. The minimum absolute atomic E-state index is 0.0764. The number of amides is 1. The highest BCUT2D eigenvalue weighted by atomic mass is 35.5. The number of nitrogens with zero attached hydrogens (tertiary/aromatic N) is 1. The summed E-state index contributed by atoms with van der Waals surface area (Å²) < 4.78 is 0. The van der Waals surface area contributed by atoms with Gasteiger partial charge < -0.3 is 10.6 Å². The Hall–Kier alpha value is -1.22. The van der Waals surface area contributed by atoms with Crippen molar-refractivity contribution in [1.29, 1.82) is 0 Å². The second-order valence-corrected chi connectivity index (χ2v) is 6.43. The summed E-state index contributed by atoms with van der Waals surface area (Å²) in [7, 11) is 0. The van der Waals surface area contributed by atoms with Gasteiger partial charge in [0, 0.05) is 18.2 Å². The van der Waals surface area contributed by atoms with Gasteiger partial charge in [-0.2, -0.15) is 0 Å². The van der Waals surface area contributed by atoms with Crippen LogP contribution in [-0.4, -0.2) is 23.4 Å². The fourth-order valence-corrected chi connectivity index (χ4v) is 3.01. The molecule has 2 rings (SSSR count). The molecule has 4 heteroatoms. The summed E-state index contributed by atoms with van der Waals surface area (Å²) in [6, 6.07) is 5.53. The standard InChI is InChI=1S/C16H23ClN2O/c1-11(2)10-19(13-5-3-4-6-13)16(20)12-7-8-15(18)14(17)9-12/h7-9,11,13H,3-6,10,18H2,1-2H3. The Kier molecular flexibility index (Phi) is 4.92. The quantitative estimate of drug-likeness (QED) is 0.854. The van der Waals surface area contributed by atoms with Crippen molar-refractivity contribution in [3.05, 3.63) is 28.8 Å². The second kappa shape index (κ2) is 6.49. The number of benzene rings is 1. The van der Waals surface area contributed by atoms with Crippen LogP contribution >= 0.6 is 11.6 Å². The Morgan fingerprint density at radius 1 is 1.40 bits per heavy atom. The van der Waals surface area contributed by atoms with Gasteiger partial charge in [0.05, 0.1) is 10.7 Å². The maximum atomic E-state index is 12.8. The Morgan fingerprint density at radius 3 is 2.60 bits per heavy atom. The predicted molar refractivity (Wildman–Crippen MR) is 84.0 cm³/mol. The van der Waals surface area contributed by atoms with E-state index in [2.05, 4.69) is 13.8 Å². The third kappa shape index (κ3) is 3.45. The van der Waals surface area contributed by atoms with Gasteiger partial charge in [0.2, 0.25) is 0 Å². The molecule has 0 aromatic heterocycles. The van der Waals surface area contributed by atoms with E-state index in [1.807, 2.05) is 4.90 Å². The molecule has 1 amide bonds. The lowest BCUT2D eigenvalue weighted by molar-refractivity contribution is 0.0655. The van der Waals surface area contributed by atoms with Crippen LogP contribution in [0.3, 0.4) is 0 Å². The number of carbonyl (C=O) groups is 1. The zero-order valence-corrected chi connectivity index (χ0v) is 13.0. The van der Waals surface area contributed by atoms with Crippen LogP contribution in [0.1, 0.15) is 49.9 Å². The molecule has 110 valence electrons. The summed E-state index contributed by atoms with van der Waals surface area (Å²) in [5, 5.41) is 0.451. The second-order valence-electron chi connectivity index (χ2n) is 6.03. The van der Waals surface area contributed by atoms with Gasteiger partial charge in [0.15, 0.2) is 0 Å². The number of anilines is 1. The van der Waals surface area contributed by atoms with Gasteiger partial charge in [-0.3, -0.25) is 4.79 Å². The molecule has 3 nitrogen and oxygen atoms in total. The highest BCUT2D eigenvalue weighted by Crippen LogP contribution is 2.27. The molecule has 0 atom stereocenters. The number of nitrogen functional groups attached to an aromatic ring is 1. The lowest BCUT2D eigenvalue weighted by Crippen LogP contribution is -2.41. The smallest absolute Gasteiger partial charge is 0.254 e. The molecular weight excluding hydrogens is 272 g/mol. The topological polar surface area (TPSA) is 46.3 Å². The molecule has 0 radical (unpaired) electrons. The SMILES string of the molecule is CC(C)CN(C(=O)c1ccc(N)c(Cl)c1)C1CCCC1. The molecule has 0 saturated heterocycles. The fraction of sp³-hybridized carbons (Fsp3) is 0.562. The summed E-state index contributed by atoms with van der Waals surface area (Å²) in [5.41, 5.74) is 6.86. The van der Waals surface area contributed by atoms with E-state index in [1.165, 1.54) is 12.8 Å². The fourth-order valence-electron chi connectivity index (χ4n) is 2.83. The molecule has 1 aliphatic rings. The van der Waals surface area contributed by atoms with Crippen molar-refractivity contribution in [3.63, 3.8) is 0 Å². The van der Waals surface area contributed by atoms with E-state index < -0.39 is 0 Å². The number of hydrogen-bond acceptors (Lipinski definition) is 2. The van der Waals surface area contributed by atoms with Crippen molar-refractivity contribution in [2.24, 2.45) is 5.92 Å². The van der Waals surface area contributed by atoms with Crippen LogP contribution in [0, 0.1) is 5.92 Å². The summed E-state index contributed by atoms with van der Waals surface area (Å²) in [5.74, 6) is 0.538. The molecule has 1 saturated carbocycles. The first kappa shape index (κ1) is 15.2. The summed E-state index contributed by atoms with van der Waals surface area (Å²) in [6.45, 7) is 5.09. The molecule has 0 unspecified atom stereocenters. The van der Waals surface area contributed by atoms with E-state index in [-0.39, 0.29) is 5.91 Å². The van der Waals surface area contributed by atoms with Gasteiger partial charge in [0.1, 0.15) is 0 Å². The first-order chi connectivity index (χ1) is 9.49. The van der Waals surface area contributed by atoms with Gasteiger partial charge in [-0.05, 0) is 37.0 Å². The molecule has 1 aromatic rings. The number of rotatable bonds is 4. The molecule has 1 fully saturated rings. The van der Waals surface area contributed by atoms with Crippen LogP contribution in [0.4, 0.5) is 5.69 Å². The minimum atomic E-state index is 0.0764. The molecule has 0 bridgehead atoms. The molecule has 0 heterocycles. The third-order valence-electron chi connectivity index (χ3n) is 3.84. The average Bonchev–Trinajstić information content (AvgIpc) is 2.92. The van der Waals surface area contributed by atoms with Crippen molar-refractivity contribution >= 4 is 23.2 Å². The van der Waals surface area contributed by atoms with E-state index >= 15 is 0 Å². The van der Waals surface area contributed by atoms with Gasteiger partial charge in [-0.25, -0.2) is 0 Å². The maximum Gasteiger partial charge on any atom is 0.254 e. The van der Waals surface area contributed by atoms with Crippen molar-refractivity contribution in [1.82, 2.24) is 4.90 Å². The van der Waals surface area contributed by atoms with E-state index in [4.69, 9.17) is 17.3 Å². The Balaban J connectivity index is 2.22. The summed E-state index contributed by atoms with van der Waals surface area (Å²) >= 11 is 6.03. The minimum Gasteiger partial charge on any atom is -0.398 e. The van der Waals surface area contributed by atoms with Gasteiger partial charge >= 0.3 is 0 Å². The maximum absolute atomic E-state index is 12.8. The van der Waals surface area contributed by atoms with Gasteiger partial charge in [0.25, 0.3) is 5.91 Å². The lowest BCUT2D eigenvalue weighted by atomic mass is 10.1. The van der Waals surface area contributed by atoms with Crippen LogP contribution in [0.2, 0.25) is 5.02 Å². The predicted octanol–water partition coefficient (Wildman–Crippen LogP) is 3.96. The monoisotopic (exact) mass is 294 g/mol. The number of carbonyl (C=O) groups excluding carboxylic acids is 1. The number of nitrogens with two attached hydrogens (primary N) is 1. The lowest BCUT2D eigenvalue weighted by Gasteiger charge is -2.31. The Morgan fingerprint density at radius 2 is 2.05 bits per heavy atom. The molecule has 0 spiro atoms. The normalized spacial score (nSPS) is 15.8. The first-order valence-electron chi connectivity index (χ1n) is 7.35. The van der Waals surface area contributed by atoms with Crippen LogP contribution in [-0.2, 0) is 0 Å². The van der Waals surface area contributed by atoms with Crippen molar-refractivity contribution in [3.8, 4) is 0 Å². The molecule has 0 aliphatic heterocycles. The average molecular weight is 295 g/mol. The molecule has 1 aliphatic carbocycles. The van der Waals surface area contributed by atoms with E-state index in [9.17, 15) is 4.79 Å². The van der Waals surface area contributed by atoms with Crippen LogP contribution in [0.25, 0.3) is 0 Å². The van der Waals surface area contributed by atoms with Crippen molar-refractivity contribution in [2.45, 2.75) is 45.6 Å². The van der Waals surface area contributed by atoms with Crippen LogP contribution in [0.15, 0.2) is 18.2 Å². The van der Waals surface area contributed by atoms with Crippen molar-refractivity contribution < 1.29 is 4.79 Å². The molecular formula is C16H23ClN2O. The van der Waals surface area contributed by atoms with Gasteiger partial charge in [-0.15, -0.1) is 0 Å². The van der Waals surface area contributed by atoms with Crippen LogP contribution < -0.4 is 5.73 Å². The van der Waals surface area contributed by atoms with E-state index in [0.29, 0.717) is 28.2 Å². The summed E-state index contributed by atoms with van der Waals surface area (Å²) in [6.07, 6.45) is 4.66. The zero-order valence-electron chi connectivity index (χ0n) is 12.2. The zero-order chi connectivity index (χ0) is 14.7. The molecule has 20 heavy (non-hydrogen) atoms. The Bertz CT molecular complexity index is 481. The van der Waals surface area contributed by atoms with E-state index in [0.717, 1.165) is 19.4 Å². The first-order valence-corrected chi connectivity index (χ1v) is 7.73. The highest BCUT2D eigenvalue weighted by Gasteiger charge is 2.28. The van der Waals surface area contributed by atoms with Crippen LogP contribution in [0.5, 0.6) is 0 Å². The highest BCUT2D eigenvalue weighted by molar-refractivity contribution is 6.33. The number of hydrogen-bond donors (Lipinski definition) is 1. The van der Waals surface area contributed by atoms with E-state index in [1.54, 1.807) is 18.2 Å². The largest absolute Gasteiger partial charge is 0.398 e. The third-order valence-corrected chi connectivity index (χ3v) is 4.16. The van der Waals surface area contributed by atoms with Crippen molar-refractivity contribution in [2.75, 3.05) is 12.3 Å². The number of halogens is 1. The van der Waals surface area contributed by atoms with Gasteiger partial charge in [-0.1, -0.05) is 38.3 Å². The Labute approximate surface area is 126 Å².